The lowest BCUT2D eigenvalue weighted by molar-refractivity contribution is 0.414. The van der Waals surface area contributed by atoms with Gasteiger partial charge in [0.25, 0.3) is 0 Å². The van der Waals surface area contributed by atoms with Crippen LogP contribution in [0.1, 0.15) is 11.1 Å². The van der Waals surface area contributed by atoms with Crippen LogP contribution < -0.4 is 19.3 Å². The monoisotopic (exact) mass is 720 g/mol. The van der Waals surface area contributed by atoms with Crippen LogP contribution in [0.15, 0.2) is 158 Å². The number of rotatable bonds is 10. The fourth-order valence-electron chi connectivity index (χ4n) is 6.51. The number of halogens is 2. The lowest BCUT2D eigenvalue weighted by Crippen LogP contribution is -2.11. The number of nitrogens with zero attached hydrogens (tertiary/aromatic N) is 2. The van der Waals surface area contributed by atoms with Crippen molar-refractivity contribution in [1.29, 1.82) is 0 Å². The van der Waals surface area contributed by atoms with Gasteiger partial charge in [0.15, 0.2) is 0 Å². The minimum Gasteiger partial charge on any atom is -0.497 e. The first kappa shape index (κ1) is 34.8. The number of aryl methyl sites for hydroxylation is 2. The van der Waals surface area contributed by atoms with Gasteiger partial charge in [-0.25, -0.2) is 0 Å². The van der Waals surface area contributed by atoms with E-state index >= 15 is 0 Å². The minimum atomic E-state index is 0.702. The third kappa shape index (κ3) is 7.36. The van der Waals surface area contributed by atoms with E-state index < -0.39 is 0 Å². The van der Waals surface area contributed by atoms with Crippen molar-refractivity contribution < 1.29 is 9.47 Å². The summed E-state index contributed by atoms with van der Waals surface area (Å²) in [5.74, 6) is 1.66. The van der Waals surface area contributed by atoms with Crippen molar-refractivity contribution in [3.63, 3.8) is 0 Å². The zero-order valence-corrected chi connectivity index (χ0v) is 31.0. The Labute approximate surface area is 316 Å². The fourth-order valence-corrected chi connectivity index (χ4v) is 6.76. The van der Waals surface area contributed by atoms with Crippen LogP contribution in [0.5, 0.6) is 11.5 Å². The standard InChI is InChI=1S/C46H38Cl2N2O2/c1-31-29-43(51-3)25-27-45(31)49(41-21-13-37(47)14-22-41)39-17-9-35(10-18-39)33-5-7-34(8-6-33)36-11-19-40(20-12-36)50(42-23-15-38(48)16-24-42)46-28-26-44(52-4)30-32(46)2/h5-30H,1-4H3. The van der Waals surface area contributed by atoms with Crippen LogP contribution in [0, 0.1) is 13.8 Å². The van der Waals surface area contributed by atoms with E-state index in [1.54, 1.807) is 14.2 Å². The van der Waals surface area contributed by atoms with E-state index in [-0.39, 0.29) is 0 Å². The highest BCUT2D eigenvalue weighted by Gasteiger charge is 2.17. The van der Waals surface area contributed by atoms with Gasteiger partial charge in [-0.3, -0.25) is 0 Å². The van der Waals surface area contributed by atoms with E-state index in [4.69, 9.17) is 32.7 Å². The van der Waals surface area contributed by atoms with Crippen molar-refractivity contribution in [2.45, 2.75) is 13.8 Å². The predicted octanol–water partition coefficient (Wildman–Crippen LogP) is 13.9. The molecule has 0 amide bonds. The van der Waals surface area contributed by atoms with Gasteiger partial charge in [0.2, 0.25) is 0 Å². The van der Waals surface area contributed by atoms with Crippen LogP contribution in [0.3, 0.4) is 0 Å². The second-order valence-electron chi connectivity index (χ2n) is 12.6. The molecule has 0 aliphatic rings. The van der Waals surface area contributed by atoms with Crippen LogP contribution in [0.2, 0.25) is 10.0 Å². The molecule has 6 heteroatoms. The molecule has 4 nitrogen and oxygen atoms in total. The second kappa shape index (κ2) is 15.3. The predicted molar refractivity (Wildman–Crippen MR) is 219 cm³/mol. The van der Waals surface area contributed by atoms with Crippen molar-refractivity contribution in [3.8, 4) is 33.8 Å². The molecule has 0 saturated carbocycles. The average molecular weight is 722 g/mol. The van der Waals surface area contributed by atoms with Crippen molar-refractivity contribution in [1.82, 2.24) is 0 Å². The molecule has 0 aliphatic heterocycles. The lowest BCUT2D eigenvalue weighted by Gasteiger charge is -2.27. The number of hydrogen-bond acceptors (Lipinski definition) is 4. The Morgan fingerprint density at radius 1 is 0.365 bits per heavy atom. The molecular weight excluding hydrogens is 683 g/mol. The molecule has 7 aromatic carbocycles. The SMILES string of the molecule is COc1ccc(N(c2ccc(Cl)cc2)c2ccc(-c3ccc(-c4ccc(N(c5ccc(Cl)cc5)c5ccc(OC)cc5C)cc4)cc3)cc2)c(C)c1. The molecule has 0 spiro atoms. The van der Waals surface area contributed by atoms with Crippen LogP contribution in [-0.2, 0) is 0 Å². The highest BCUT2D eigenvalue weighted by atomic mass is 35.5. The van der Waals surface area contributed by atoms with Crippen LogP contribution in [0.25, 0.3) is 22.3 Å². The first-order chi connectivity index (χ1) is 25.3. The van der Waals surface area contributed by atoms with Crippen molar-refractivity contribution in [3.05, 3.63) is 179 Å². The van der Waals surface area contributed by atoms with Crippen molar-refractivity contribution in [2.24, 2.45) is 0 Å². The summed E-state index contributed by atoms with van der Waals surface area (Å²) in [4.78, 5) is 4.48. The number of anilines is 6. The van der Waals surface area contributed by atoms with E-state index in [0.717, 1.165) is 79.0 Å². The maximum absolute atomic E-state index is 6.26. The normalized spacial score (nSPS) is 10.9. The Morgan fingerprint density at radius 3 is 0.904 bits per heavy atom. The first-order valence-corrected chi connectivity index (χ1v) is 17.8. The smallest absolute Gasteiger partial charge is 0.119 e. The molecule has 0 atom stereocenters. The third-order valence-electron chi connectivity index (χ3n) is 9.26. The number of methoxy groups -OCH3 is 2. The van der Waals surface area contributed by atoms with Gasteiger partial charge in [-0.2, -0.15) is 0 Å². The summed E-state index contributed by atoms with van der Waals surface area (Å²) in [7, 11) is 3.38. The van der Waals surface area contributed by atoms with Crippen molar-refractivity contribution in [2.75, 3.05) is 24.0 Å². The summed E-state index contributed by atoms with van der Waals surface area (Å²) < 4.78 is 10.9. The molecule has 7 rings (SSSR count). The summed E-state index contributed by atoms with van der Waals surface area (Å²) in [6.07, 6.45) is 0. The quantitative estimate of drug-likeness (QED) is 0.140. The molecule has 258 valence electrons. The van der Waals surface area contributed by atoms with Crippen LogP contribution in [-0.4, -0.2) is 14.2 Å². The largest absolute Gasteiger partial charge is 0.497 e. The maximum Gasteiger partial charge on any atom is 0.119 e. The van der Waals surface area contributed by atoms with E-state index in [1.807, 2.05) is 60.7 Å². The second-order valence-corrected chi connectivity index (χ2v) is 13.5. The van der Waals surface area contributed by atoms with Crippen molar-refractivity contribution >= 4 is 57.3 Å². The molecule has 0 bridgehead atoms. The fraction of sp³-hybridized carbons (Fsp3) is 0.0870. The van der Waals surface area contributed by atoms with Crippen LogP contribution in [0.4, 0.5) is 34.1 Å². The molecule has 0 unspecified atom stereocenters. The molecule has 0 N–H and O–H groups in total. The highest BCUT2D eigenvalue weighted by molar-refractivity contribution is 6.31. The Morgan fingerprint density at radius 2 is 0.635 bits per heavy atom. The Balaban J connectivity index is 1.14. The molecule has 0 aliphatic carbocycles. The van der Waals surface area contributed by atoms with Gasteiger partial charge in [-0.05, 0) is 156 Å². The zero-order chi connectivity index (χ0) is 36.2. The maximum atomic E-state index is 6.26. The van der Waals surface area contributed by atoms with Gasteiger partial charge in [0, 0.05) is 44.2 Å². The van der Waals surface area contributed by atoms with Gasteiger partial charge < -0.3 is 19.3 Å². The summed E-state index contributed by atoms with van der Waals surface area (Å²) in [5.41, 5.74) is 13.1. The Bertz CT molecular complexity index is 2120. The minimum absolute atomic E-state index is 0.702. The Kier molecular flexibility index (Phi) is 10.2. The lowest BCUT2D eigenvalue weighted by atomic mass is 9.99. The average Bonchev–Trinajstić information content (AvgIpc) is 3.18. The van der Waals surface area contributed by atoms with E-state index in [9.17, 15) is 0 Å². The van der Waals surface area contributed by atoms with E-state index in [1.165, 1.54) is 0 Å². The molecule has 0 saturated heterocycles. The summed E-state index contributed by atoms with van der Waals surface area (Å²) in [5, 5.41) is 1.40. The summed E-state index contributed by atoms with van der Waals surface area (Å²) in [6.45, 7) is 4.20. The molecule has 0 heterocycles. The highest BCUT2D eigenvalue weighted by Crippen LogP contribution is 2.41. The Hall–Kier alpha value is -5.68. The molecule has 52 heavy (non-hydrogen) atoms. The van der Waals surface area contributed by atoms with Crippen LogP contribution >= 0.6 is 23.2 Å². The number of ether oxygens (including phenoxy) is 2. The van der Waals surface area contributed by atoms with Gasteiger partial charge in [0.1, 0.15) is 11.5 Å². The number of hydrogen-bond donors (Lipinski definition) is 0. The van der Waals surface area contributed by atoms with Gasteiger partial charge >= 0.3 is 0 Å². The van der Waals surface area contributed by atoms with E-state index in [0.29, 0.717) is 10.0 Å². The van der Waals surface area contributed by atoms with Gasteiger partial charge in [0.05, 0.1) is 14.2 Å². The molecule has 0 fully saturated rings. The molecular formula is C46H38Cl2N2O2. The van der Waals surface area contributed by atoms with Gasteiger partial charge in [-0.15, -0.1) is 0 Å². The molecule has 0 radical (unpaired) electrons. The van der Waals surface area contributed by atoms with Gasteiger partial charge in [-0.1, -0.05) is 71.7 Å². The zero-order valence-electron chi connectivity index (χ0n) is 29.5. The number of benzene rings is 7. The summed E-state index contributed by atoms with van der Waals surface area (Å²) >= 11 is 12.5. The molecule has 7 aromatic rings. The third-order valence-corrected chi connectivity index (χ3v) is 9.77. The first-order valence-electron chi connectivity index (χ1n) is 17.0. The van der Waals surface area contributed by atoms with E-state index in [2.05, 4.69) is 121 Å². The topological polar surface area (TPSA) is 24.9 Å². The summed E-state index contributed by atoms with van der Waals surface area (Å²) in [6, 6.07) is 54.2. The molecule has 0 aromatic heterocycles.